The molecule has 8 nitrogen and oxygen atoms in total. The lowest BCUT2D eigenvalue weighted by atomic mass is 10.1. The van der Waals surface area contributed by atoms with Crippen LogP contribution in [0, 0.1) is 5.82 Å². The number of ether oxygens (including phenoxy) is 3. The van der Waals surface area contributed by atoms with Crippen LogP contribution in [0.4, 0.5) is 4.39 Å². The number of benzene rings is 2. The molecule has 0 fully saturated rings. The number of esters is 1. The zero-order chi connectivity index (χ0) is 23.5. The van der Waals surface area contributed by atoms with E-state index in [-0.39, 0.29) is 5.82 Å². The van der Waals surface area contributed by atoms with E-state index in [0.29, 0.717) is 41.8 Å². The maximum atomic E-state index is 13.4. The van der Waals surface area contributed by atoms with Crippen LogP contribution >= 0.6 is 11.3 Å². The summed E-state index contributed by atoms with van der Waals surface area (Å²) in [4.78, 5) is 30.4. The molecular weight excluding hydrogens is 461 g/mol. The molecule has 2 aromatic heterocycles. The quantitative estimate of drug-likeness (QED) is 0.300. The molecule has 1 aliphatic rings. The molecule has 1 aliphatic heterocycles. The van der Waals surface area contributed by atoms with Crippen molar-refractivity contribution in [2.75, 3.05) is 19.8 Å². The third-order valence-electron chi connectivity index (χ3n) is 5.01. The number of ketones is 1. The topological polar surface area (TPSA) is 92.5 Å². The van der Waals surface area contributed by atoms with Gasteiger partial charge < -0.3 is 14.2 Å². The third kappa shape index (κ3) is 4.53. The van der Waals surface area contributed by atoms with Gasteiger partial charge in [-0.15, -0.1) is 16.4 Å². The minimum absolute atomic E-state index is 0.209. The van der Waals surface area contributed by atoms with Crippen LogP contribution in [0.15, 0.2) is 60.0 Å². The number of Topliss-reactive ketones (excluding diaryl/α,β-unsaturated/α-hetero) is 1. The average Bonchev–Trinajstić information content (AvgIpc) is 3.48. The summed E-state index contributed by atoms with van der Waals surface area (Å²) < 4.78 is 31.2. The van der Waals surface area contributed by atoms with Crippen LogP contribution in [-0.4, -0.2) is 46.3 Å². The summed E-state index contributed by atoms with van der Waals surface area (Å²) in [6.07, 6.45) is 0.751. The van der Waals surface area contributed by atoms with Gasteiger partial charge in [0.05, 0.1) is 23.8 Å². The van der Waals surface area contributed by atoms with Crippen LogP contribution in [0.25, 0.3) is 16.4 Å². The van der Waals surface area contributed by atoms with Crippen molar-refractivity contribution in [2.24, 2.45) is 0 Å². The first kappa shape index (κ1) is 21.8. The summed E-state index contributed by atoms with van der Waals surface area (Å²) in [6.45, 7) is 0.551. The second-order valence-electron chi connectivity index (χ2n) is 7.34. The van der Waals surface area contributed by atoms with Crippen LogP contribution in [0.3, 0.4) is 0 Å². The van der Waals surface area contributed by atoms with E-state index in [9.17, 15) is 14.0 Å². The Kier molecular flexibility index (Phi) is 6.05. The number of aromatic nitrogens is 3. The lowest BCUT2D eigenvalue weighted by Crippen LogP contribution is -2.15. The molecule has 172 valence electrons. The molecule has 34 heavy (non-hydrogen) atoms. The number of carbonyl (C=O) groups is 2. The van der Waals surface area contributed by atoms with Crippen LogP contribution in [-0.2, 0) is 4.74 Å². The maximum absolute atomic E-state index is 13.4. The van der Waals surface area contributed by atoms with Gasteiger partial charge >= 0.3 is 5.97 Å². The molecule has 0 atom stereocenters. The van der Waals surface area contributed by atoms with E-state index >= 15 is 0 Å². The molecule has 10 heteroatoms. The fourth-order valence-corrected chi connectivity index (χ4v) is 4.04. The van der Waals surface area contributed by atoms with E-state index in [1.165, 1.54) is 40.3 Å². The number of rotatable bonds is 6. The third-order valence-corrected chi connectivity index (χ3v) is 5.87. The molecule has 0 aliphatic carbocycles. The number of carbonyl (C=O) groups excluding carboxylic acids is 2. The monoisotopic (exact) mass is 479 g/mol. The number of fused-ring (bicyclic) bond motifs is 1. The lowest BCUT2D eigenvalue weighted by Gasteiger charge is -2.09. The summed E-state index contributed by atoms with van der Waals surface area (Å²) in [6, 6.07) is 14.2. The Morgan fingerprint density at radius 3 is 2.62 bits per heavy atom. The first-order chi connectivity index (χ1) is 16.6. The predicted octanol–water partition coefficient (Wildman–Crippen LogP) is 4.34. The van der Waals surface area contributed by atoms with Crippen LogP contribution < -0.4 is 9.47 Å². The second kappa shape index (κ2) is 9.44. The molecule has 0 spiro atoms. The van der Waals surface area contributed by atoms with E-state index in [2.05, 4.69) is 10.1 Å². The van der Waals surface area contributed by atoms with E-state index in [1.807, 2.05) is 17.5 Å². The highest BCUT2D eigenvalue weighted by Gasteiger charge is 2.22. The zero-order valence-corrected chi connectivity index (χ0v) is 18.6. The van der Waals surface area contributed by atoms with Crippen molar-refractivity contribution in [1.29, 1.82) is 0 Å². The minimum Gasteiger partial charge on any atom is -0.490 e. The summed E-state index contributed by atoms with van der Waals surface area (Å²) in [5, 5.41) is 6.12. The van der Waals surface area contributed by atoms with Gasteiger partial charge in [-0.25, -0.2) is 13.9 Å². The van der Waals surface area contributed by atoms with Crippen molar-refractivity contribution in [3.8, 4) is 27.9 Å². The second-order valence-corrected chi connectivity index (χ2v) is 8.28. The van der Waals surface area contributed by atoms with Gasteiger partial charge in [-0.1, -0.05) is 6.07 Å². The Morgan fingerprint density at radius 1 is 1.06 bits per heavy atom. The van der Waals surface area contributed by atoms with Gasteiger partial charge in [0.25, 0.3) is 5.82 Å². The predicted molar refractivity (Wildman–Crippen MR) is 121 cm³/mol. The standard InChI is InChI=1S/C24H18FN3O5S/c25-16-5-7-17(8-6-16)28-23(21-3-1-12-34-21)26-22(27-28)24(30)33-14-18(29)15-4-9-19-20(13-15)32-11-2-10-31-19/h1,3-9,12-13H,2,10-11,14H2. The fraction of sp³-hybridized carbons (Fsp3) is 0.167. The average molecular weight is 479 g/mol. The van der Waals surface area contributed by atoms with Crippen LogP contribution in [0.5, 0.6) is 11.5 Å². The van der Waals surface area contributed by atoms with Crippen molar-refractivity contribution < 1.29 is 28.2 Å². The van der Waals surface area contributed by atoms with Gasteiger partial charge in [0.1, 0.15) is 5.82 Å². The maximum Gasteiger partial charge on any atom is 0.378 e. The smallest absolute Gasteiger partial charge is 0.378 e. The van der Waals surface area contributed by atoms with Crippen molar-refractivity contribution in [1.82, 2.24) is 14.8 Å². The Bertz CT molecular complexity index is 1340. The molecule has 0 saturated carbocycles. The molecule has 0 saturated heterocycles. The Morgan fingerprint density at radius 2 is 1.85 bits per heavy atom. The van der Waals surface area contributed by atoms with Gasteiger partial charge in [-0.2, -0.15) is 4.98 Å². The molecule has 0 unspecified atom stereocenters. The van der Waals surface area contributed by atoms with Crippen molar-refractivity contribution in [2.45, 2.75) is 6.42 Å². The van der Waals surface area contributed by atoms with Gasteiger partial charge in [0, 0.05) is 12.0 Å². The van der Waals surface area contributed by atoms with E-state index in [1.54, 1.807) is 18.2 Å². The highest BCUT2D eigenvalue weighted by Crippen LogP contribution is 2.30. The molecule has 4 aromatic rings. The summed E-state index contributed by atoms with van der Waals surface area (Å²) in [7, 11) is 0. The number of halogens is 1. The summed E-state index contributed by atoms with van der Waals surface area (Å²) in [5.74, 6) is -0.393. The molecule has 0 N–H and O–H groups in total. The zero-order valence-electron chi connectivity index (χ0n) is 17.8. The fourth-order valence-electron chi connectivity index (χ4n) is 3.34. The van der Waals surface area contributed by atoms with E-state index in [4.69, 9.17) is 14.2 Å². The van der Waals surface area contributed by atoms with Gasteiger partial charge in [-0.05, 0) is 53.9 Å². The Labute approximate surface area is 197 Å². The number of thiophene rings is 1. The van der Waals surface area contributed by atoms with Crippen molar-refractivity contribution in [3.05, 3.63) is 77.2 Å². The molecule has 2 aromatic carbocycles. The highest BCUT2D eigenvalue weighted by molar-refractivity contribution is 7.13. The molecule has 0 bridgehead atoms. The molecule has 0 radical (unpaired) electrons. The Hall–Kier alpha value is -4.05. The van der Waals surface area contributed by atoms with Crippen LogP contribution in [0.1, 0.15) is 27.4 Å². The largest absolute Gasteiger partial charge is 0.490 e. The van der Waals surface area contributed by atoms with Crippen LogP contribution in [0.2, 0.25) is 0 Å². The summed E-state index contributed by atoms with van der Waals surface area (Å²) >= 11 is 1.42. The van der Waals surface area contributed by atoms with Gasteiger partial charge in [0.15, 0.2) is 29.7 Å². The number of hydrogen-bond donors (Lipinski definition) is 0. The number of hydrogen-bond acceptors (Lipinski definition) is 8. The molecule has 0 amide bonds. The van der Waals surface area contributed by atoms with E-state index in [0.717, 1.165) is 11.3 Å². The number of nitrogens with zero attached hydrogens (tertiary/aromatic N) is 3. The Balaban J connectivity index is 1.34. The first-order valence-electron chi connectivity index (χ1n) is 10.5. The minimum atomic E-state index is -0.846. The van der Waals surface area contributed by atoms with Gasteiger partial charge in [-0.3, -0.25) is 4.79 Å². The van der Waals surface area contributed by atoms with Gasteiger partial charge in [0.2, 0.25) is 0 Å². The lowest BCUT2D eigenvalue weighted by molar-refractivity contribution is 0.0462. The molecular formula is C24H18FN3O5S. The van der Waals surface area contributed by atoms with Crippen molar-refractivity contribution in [3.63, 3.8) is 0 Å². The van der Waals surface area contributed by atoms with Crippen molar-refractivity contribution >= 4 is 23.1 Å². The molecule has 3 heterocycles. The van der Waals surface area contributed by atoms with E-state index < -0.39 is 24.2 Å². The summed E-state index contributed by atoms with van der Waals surface area (Å²) in [5.41, 5.74) is 0.862. The first-order valence-corrected chi connectivity index (χ1v) is 11.3. The normalized spacial score (nSPS) is 12.7. The highest BCUT2D eigenvalue weighted by atomic mass is 32.1. The SMILES string of the molecule is O=C(COC(=O)c1nc(-c2cccs2)n(-c2ccc(F)cc2)n1)c1ccc2c(c1)OCCCO2. The molecule has 5 rings (SSSR count).